The maximum atomic E-state index is 12.1. The van der Waals surface area contributed by atoms with Gasteiger partial charge < -0.3 is 15.5 Å². The van der Waals surface area contributed by atoms with E-state index in [9.17, 15) is 4.79 Å². The zero-order valence-corrected chi connectivity index (χ0v) is 12.6. The van der Waals surface area contributed by atoms with Crippen molar-refractivity contribution in [2.45, 2.75) is 32.7 Å². The summed E-state index contributed by atoms with van der Waals surface area (Å²) >= 11 is 0. The van der Waals surface area contributed by atoms with Gasteiger partial charge in [0.1, 0.15) is 0 Å². The molecule has 0 radical (unpaired) electrons. The average molecular weight is 275 g/mol. The Kier molecular flexibility index (Phi) is 5.01. The van der Waals surface area contributed by atoms with Crippen molar-refractivity contribution in [2.75, 3.05) is 25.5 Å². The number of amides is 2. The van der Waals surface area contributed by atoms with Crippen LogP contribution in [-0.4, -0.2) is 31.1 Å². The zero-order chi connectivity index (χ0) is 14.5. The zero-order valence-electron chi connectivity index (χ0n) is 12.6. The molecule has 0 aromatic heterocycles. The minimum Gasteiger partial charge on any atom is -0.327 e. The van der Waals surface area contributed by atoms with Crippen molar-refractivity contribution in [3.8, 4) is 0 Å². The lowest BCUT2D eigenvalue weighted by Gasteiger charge is -2.19. The smallest absolute Gasteiger partial charge is 0.321 e. The van der Waals surface area contributed by atoms with Gasteiger partial charge in [-0.1, -0.05) is 19.1 Å². The molecule has 0 heterocycles. The van der Waals surface area contributed by atoms with Gasteiger partial charge in [0.15, 0.2) is 0 Å². The van der Waals surface area contributed by atoms with Crippen molar-refractivity contribution in [3.05, 3.63) is 29.8 Å². The molecule has 1 aliphatic rings. The molecule has 0 bridgehead atoms. The molecule has 1 aliphatic carbocycles. The van der Waals surface area contributed by atoms with Gasteiger partial charge in [-0.05, 0) is 49.9 Å². The number of carbonyl (C=O) groups excluding carboxylic acids is 1. The number of urea groups is 1. The largest absolute Gasteiger partial charge is 0.327 e. The van der Waals surface area contributed by atoms with E-state index in [1.54, 1.807) is 4.90 Å². The predicted molar refractivity (Wildman–Crippen MR) is 82.9 cm³/mol. The molecule has 1 fully saturated rings. The van der Waals surface area contributed by atoms with Crippen LogP contribution >= 0.6 is 0 Å². The number of carbonyl (C=O) groups is 1. The van der Waals surface area contributed by atoms with E-state index in [4.69, 9.17) is 0 Å². The Hall–Kier alpha value is -1.55. The second kappa shape index (κ2) is 6.75. The molecular formula is C16H25N3O. The van der Waals surface area contributed by atoms with Crippen LogP contribution in [0.2, 0.25) is 0 Å². The van der Waals surface area contributed by atoms with Crippen molar-refractivity contribution < 1.29 is 4.79 Å². The third-order valence-corrected chi connectivity index (χ3v) is 3.72. The first-order chi connectivity index (χ1) is 9.60. The Morgan fingerprint density at radius 2 is 2.20 bits per heavy atom. The molecule has 0 spiro atoms. The van der Waals surface area contributed by atoms with Gasteiger partial charge in [-0.2, -0.15) is 0 Å². The summed E-state index contributed by atoms with van der Waals surface area (Å²) in [7, 11) is 1.86. The third-order valence-electron chi connectivity index (χ3n) is 3.72. The quantitative estimate of drug-likeness (QED) is 0.837. The molecule has 1 unspecified atom stereocenters. The van der Waals surface area contributed by atoms with Crippen LogP contribution in [0.15, 0.2) is 24.3 Å². The van der Waals surface area contributed by atoms with Crippen LogP contribution in [0.25, 0.3) is 0 Å². The van der Waals surface area contributed by atoms with Gasteiger partial charge in [-0.25, -0.2) is 4.79 Å². The molecule has 110 valence electrons. The minimum atomic E-state index is -0.0230. The Labute approximate surface area is 121 Å². The summed E-state index contributed by atoms with van der Waals surface area (Å²) in [4.78, 5) is 13.9. The molecule has 2 rings (SSSR count). The van der Waals surface area contributed by atoms with E-state index >= 15 is 0 Å². The van der Waals surface area contributed by atoms with Gasteiger partial charge in [-0.3, -0.25) is 0 Å². The van der Waals surface area contributed by atoms with Gasteiger partial charge in [0.05, 0.1) is 0 Å². The van der Waals surface area contributed by atoms with Crippen LogP contribution < -0.4 is 10.6 Å². The van der Waals surface area contributed by atoms with E-state index in [1.165, 1.54) is 18.4 Å². The summed E-state index contributed by atoms with van der Waals surface area (Å²) in [6, 6.07) is 8.31. The van der Waals surface area contributed by atoms with E-state index < -0.39 is 0 Å². The summed E-state index contributed by atoms with van der Waals surface area (Å²) in [6.45, 7) is 6.01. The third kappa shape index (κ3) is 4.23. The lowest BCUT2D eigenvalue weighted by atomic mass is 10.1. The van der Waals surface area contributed by atoms with Crippen LogP contribution in [-0.2, 0) is 0 Å². The number of anilines is 1. The summed E-state index contributed by atoms with van der Waals surface area (Å²) in [5, 5.41) is 6.35. The Bertz CT molecular complexity index is 457. The summed E-state index contributed by atoms with van der Waals surface area (Å²) in [6.07, 6.45) is 2.51. The van der Waals surface area contributed by atoms with Gasteiger partial charge >= 0.3 is 6.03 Å². The SMILES string of the molecule is CCNC(C)c1cccc(NC(=O)N(C)CC2CC2)c1. The fourth-order valence-electron chi connectivity index (χ4n) is 2.30. The highest BCUT2D eigenvalue weighted by Crippen LogP contribution is 2.29. The molecule has 20 heavy (non-hydrogen) atoms. The molecule has 2 N–H and O–H groups in total. The van der Waals surface area contributed by atoms with Crippen LogP contribution in [0.1, 0.15) is 38.3 Å². The molecule has 1 aromatic carbocycles. The number of benzene rings is 1. The number of hydrogen-bond acceptors (Lipinski definition) is 2. The van der Waals surface area contributed by atoms with E-state index in [-0.39, 0.29) is 6.03 Å². The van der Waals surface area contributed by atoms with Crippen molar-refractivity contribution in [1.82, 2.24) is 10.2 Å². The normalized spacial score (nSPS) is 15.8. The number of rotatable bonds is 6. The first-order valence-electron chi connectivity index (χ1n) is 7.45. The highest BCUT2D eigenvalue weighted by atomic mass is 16.2. The molecular weight excluding hydrogens is 250 g/mol. The number of hydrogen-bond donors (Lipinski definition) is 2. The molecule has 0 saturated heterocycles. The van der Waals surface area contributed by atoms with E-state index in [0.717, 1.165) is 18.8 Å². The van der Waals surface area contributed by atoms with Gasteiger partial charge in [0.2, 0.25) is 0 Å². The van der Waals surface area contributed by atoms with Gasteiger partial charge in [0, 0.05) is 25.3 Å². The maximum absolute atomic E-state index is 12.1. The highest BCUT2D eigenvalue weighted by molar-refractivity contribution is 5.89. The molecule has 1 aromatic rings. The van der Waals surface area contributed by atoms with Gasteiger partial charge in [0.25, 0.3) is 0 Å². The van der Waals surface area contributed by atoms with E-state index in [1.807, 2.05) is 25.2 Å². The van der Waals surface area contributed by atoms with Crippen LogP contribution in [0.3, 0.4) is 0 Å². The fourth-order valence-corrected chi connectivity index (χ4v) is 2.30. The van der Waals surface area contributed by atoms with Crippen LogP contribution in [0.4, 0.5) is 10.5 Å². The second-order valence-electron chi connectivity index (χ2n) is 5.66. The van der Waals surface area contributed by atoms with Crippen LogP contribution in [0.5, 0.6) is 0 Å². The standard InChI is InChI=1S/C16H25N3O/c1-4-17-12(2)14-6-5-7-15(10-14)18-16(20)19(3)11-13-8-9-13/h5-7,10,12-13,17H,4,8-9,11H2,1-3H3,(H,18,20). The summed E-state index contributed by atoms with van der Waals surface area (Å²) < 4.78 is 0. The lowest BCUT2D eigenvalue weighted by Crippen LogP contribution is -2.33. The van der Waals surface area contributed by atoms with E-state index in [2.05, 4.69) is 30.5 Å². The average Bonchev–Trinajstić information content (AvgIpc) is 3.23. The topological polar surface area (TPSA) is 44.4 Å². The molecule has 4 heteroatoms. The Morgan fingerprint density at radius 1 is 1.45 bits per heavy atom. The lowest BCUT2D eigenvalue weighted by molar-refractivity contribution is 0.220. The Morgan fingerprint density at radius 3 is 2.85 bits per heavy atom. The molecule has 1 saturated carbocycles. The highest BCUT2D eigenvalue weighted by Gasteiger charge is 2.24. The van der Waals surface area contributed by atoms with Gasteiger partial charge in [-0.15, -0.1) is 0 Å². The molecule has 0 aliphatic heterocycles. The van der Waals surface area contributed by atoms with Crippen molar-refractivity contribution >= 4 is 11.7 Å². The minimum absolute atomic E-state index is 0.0230. The number of nitrogens with zero attached hydrogens (tertiary/aromatic N) is 1. The maximum Gasteiger partial charge on any atom is 0.321 e. The van der Waals surface area contributed by atoms with Crippen LogP contribution in [0, 0.1) is 5.92 Å². The fraction of sp³-hybridized carbons (Fsp3) is 0.562. The van der Waals surface area contributed by atoms with Crippen molar-refractivity contribution in [3.63, 3.8) is 0 Å². The Balaban J connectivity index is 1.94. The summed E-state index contributed by atoms with van der Waals surface area (Å²) in [5.41, 5.74) is 2.05. The number of nitrogens with one attached hydrogen (secondary N) is 2. The van der Waals surface area contributed by atoms with Crippen molar-refractivity contribution in [2.24, 2.45) is 5.92 Å². The first-order valence-corrected chi connectivity index (χ1v) is 7.45. The first kappa shape index (κ1) is 14.9. The monoisotopic (exact) mass is 275 g/mol. The predicted octanol–water partition coefficient (Wildman–Crippen LogP) is 3.23. The molecule has 1 atom stereocenters. The second-order valence-corrected chi connectivity index (χ2v) is 5.66. The molecule has 2 amide bonds. The summed E-state index contributed by atoms with van der Waals surface area (Å²) in [5.74, 6) is 0.714. The molecule has 4 nitrogen and oxygen atoms in total. The van der Waals surface area contributed by atoms with E-state index in [0.29, 0.717) is 12.0 Å². The van der Waals surface area contributed by atoms with Crippen molar-refractivity contribution in [1.29, 1.82) is 0 Å².